The Kier molecular flexibility index (Phi) is 3.29. The van der Waals surface area contributed by atoms with Crippen LogP contribution in [0.4, 0.5) is 0 Å². The number of rotatable bonds is 3. The molecule has 0 unspecified atom stereocenters. The topological polar surface area (TPSA) is 68.5 Å². The van der Waals surface area contributed by atoms with Crippen molar-refractivity contribution in [2.45, 2.75) is 31.8 Å². The van der Waals surface area contributed by atoms with Crippen LogP contribution < -0.4 is 4.74 Å². The number of aromatic nitrogens is 2. The number of pyridine rings is 1. The van der Waals surface area contributed by atoms with Crippen molar-refractivity contribution in [3.63, 3.8) is 0 Å². The molecule has 0 bridgehead atoms. The minimum atomic E-state index is -0.0436. The van der Waals surface area contributed by atoms with Gasteiger partial charge in [0.2, 0.25) is 0 Å². The van der Waals surface area contributed by atoms with Crippen molar-refractivity contribution >= 4 is 5.91 Å². The zero-order chi connectivity index (χ0) is 14.9. The zero-order valence-corrected chi connectivity index (χ0v) is 12.2. The summed E-state index contributed by atoms with van der Waals surface area (Å²) < 4.78 is 11.1. The summed E-state index contributed by atoms with van der Waals surface area (Å²) in [5.41, 5.74) is 1.50. The standard InChI is InChI=1S/C16H17N3O3/c20-16(15-13-5-1-2-6-14(13)22-18-15)19-9-12(10-19)21-11-4-3-7-17-8-11/h3-4,7-8,12H,1-2,5-6,9-10H2. The number of aryl methyl sites for hydroxylation is 1. The fourth-order valence-corrected chi connectivity index (χ4v) is 2.99. The van der Waals surface area contributed by atoms with Crippen molar-refractivity contribution in [3.8, 4) is 5.75 Å². The highest BCUT2D eigenvalue weighted by atomic mass is 16.5. The van der Waals surface area contributed by atoms with Crippen LogP contribution in [-0.2, 0) is 12.8 Å². The lowest BCUT2D eigenvalue weighted by Crippen LogP contribution is -2.56. The Morgan fingerprint density at radius 2 is 2.18 bits per heavy atom. The summed E-state index contributed by atoms with van der Waals surface area (Å²) in [7, 11) is 0. The van der Waals surface area contributed by atoms with E-state index in [0.717, 1.165) is 42.8 Å². The second-order valence-corrected chi connectivity index (χ2v) is 5.78. The quantitative estimate of drug-likeness (QED) is 0.865. The maximum atomic E-state index is 12.5. The Morgan fingerprint density at radius 1 is 1.32 bits per heavy atom. The minimum Gasteiger partial charge on any atom is -0.485 e. The number of ether oxygens (including phenoxy) is 1. The highest BCUT2D eigenvalue weighted by molar-refractivity contribution is 5.94. The SMILES string of the molecule is O=C(c1noc2c1CCCC2)N1CC(Oc2cccnc2)C1. The van der Waals surface area contributed by atoms with Crippen LogP contribution >= 0.6 is 0 Å². The number of amides is 1. The van der Waals surface area contributed by atoms with Gasteiger partial charge in [-0.05, 0) is 31.4 Å². The van der Waals surface area contributed by atoms with Crippen LogP contribution in [0.1, 0.15) is 34.7 Å². The van der Waals surface area contributed by atoms with Crippen LogP contribution in [0.15, 0.2) is 29.0 Å². The van der Waals surface area contributed by atoms with Crippen LogP contribution in [0.2, 0.25) is 0 Å². The van der Waals surface area contributed by atoms with Gasteiger partial charge in [-0.15, -0.1) is 0 Å². The van der Waals surface area contributed by atoms with E-state index in [4.69, 9.17) is 9.26 Å². The van der Waals surface area contributed by atoms with Crippen molar-refractivity contribution in [2.24, 2.45) is 0 Å². The smallest absolute Gasteiger partial charge is 0.276 e. The summed E-state index contributed by atoms with van der Waals surface area (Å²) in [5.74, 6) is 1.58. The molecule has 2 aromatic rings. The number of nitrogens with zero attached hydrogens (tertiary/aromatic N) is 3. The Hall–Kier alpha value is -2.37. The third-order valence-electron chi connectivity index (χ3n) is 4.23. The van der Waals surface area contributed by atoms with E-state index in [1.807, 2.05) is 12.1 Å². The molecule has 114 valence electrons. The molecule has 0 aromatic carbocycles. The number of carbonyl (C=O) groups is 1. The first-order valence-corrected chi connectivity index (χ1v) is 7.64. The van der Waals surface area contributed by atoms with Crippen molar-refractivity contribution in [3.05, 3.63) is 41.5 Å². The Bertz CT molecular complexity index is 677. The largest absolute Gasteiger partial charge is 0.485 e. The van der Waals surface area contributed by atoms with Gasteiger partial charge in [0, 0.05) is 18.2 Å². The fraction of sp³-hybridized carbons (Fsp3) is 0.438. The summed E-state index contributed by atoms with van der Waals surface area (Å²) in [6.07, 6.45) is 7.40. The molecule has 1 aliphatic carbocycles. The molecule has 0 spiro atoms. The molecule has 0 N–H and O–H groups in total. The lowest BCUT2D eigenvalue weighted by atomic mass is 9.96. The number of hydrogen-bond acceptors (Lipinski definition) is 5. The van der Waals surface area contributed by atoms with Gasteiger partial charge in [-0.3, -0.25) is 9.78 Å². The Labute approximate surface area is 128 Å². The second-order valence-electron chi connectivity index (χ2n) is 5.78. The molecule has 3 heterocycles. The van der Waals surface area contributed by atoms with Gasteiger partial charge in [-0.2, -0.15) is 0 Å². The van der Waals surface area contributed by atoms with Crippen LogP contribution in [0, 0.1) is 0 Å². The normalized spacial score (nSPS) is 17.7. The van der Waals surface area contributed by atoms with Crippen molar-refractivity contribution < 1.29 is 14.1 Å². The second kappa shape index (κ2) is 5.44. The van der Waals surface area contributed by atoms with Gasteiger partial charge < -0.3 is 14.2 Å². The molecule has 0 atom stereocenters. The van der Waals surface area contributed by atoms with Gasteiger partial charge in [0.15, 0.2) is 5.69 Å². The van der Waals surface area contributed by atoms with E-state index in [1.165, 1.54) is 0 Å². The number of hydrogen-bond donors (Lipinski definition) is 0. The molecule has 4 rings (SSSR count). The molecule has 0 saturated carbocycles. The van der Waals surface area contributed by atoms with Crippen LogP contribution in [0.25, 0.3) is 0 Å². The third kappa shape index (κ3) is 2.34. The predicted molar refractivity (Wildman–Crippen MR) is 77.7 cm³/mol. The van der Waals surface area contributed by atoms with Crippen LogP contribution in [-0.4, -0.2) is 40.1 Å². The number of carbonyl (C=O) groups excluding carboxylic acids is 1. The van der Waals surface area contributed by atoms with E-state index >= 15 is 0 Å². The Morgan fingerprint density at radius 3 is 3.00 bits per heavy atom. The highest BCUT2D eigenvalue weighted by Gasteiger charge is 2.36. The molecule has 1 saturated heterocycles. The molecular formula is C16H17N3O3. The van der Waals surface area contributed by atoms with Gasteiger partial charge in [-0.1, -0.05) is 5.16 Å². The minimum absolute atomic E-state index is 0.0240. The Balaban J connectivity index is 1.38. The highest BCUT2D eigenvalue weighted by Crippen LogP contribution is 2.26. The monoisotopic (exact) mass is 299 g/mol. The van der Waals surface area contributed by atoms with Crippen molar-refractivity contribution in [1.29, 1.82) is 0 Å². The summed E-state index contributed by atoms with van der Waals surface area (Å²) in [6, 6.07) is 3.70. The van der Waals surface area contributed by atoms with E-state index in [0.29, 0.717) is 18.8 Å². The molecule has 6 nitrogen and oxygen atoms in total. The molecule has 22 heavy (non-hydrogen) atoms. The molecule has 1 amide bonds. The molecular weight excluding hydrogens is 282 g/mol. The molecule has 2 aliphatic rings. The summed E-state index contributed by atoms with van der Waals surface area (Å²) >= 11 is 0. The maximum Gasteiger partial charge on any atom is 0.276 e. The van der Waals surface area contributed by atoms with Crippen LogP contribution in [0.3, 0.4) is 0 Å². The first-order valence-electron chi connectivity index (χ1n) is 7.64. The summed E-state index contributed by atoms with van der Waals surface area (Å²) in [5, 5.41) is 3.99. The molecule has 6 heteroatoms. The molecule has 1 fully saturated rings. The molecule has 0 radical (unpaired) electrons. The van der Waals surface area contributed by atoms with Gasteiger partial charge in [-0.25, -0.2) is 0 Å². The van der Waals surface area contributed by atoms with E-state index in [-0.39, 0.29) is 12.0 Å². The summed E-state index contributed by atoms with van der Waals surface area (Å²) in [4.78, 5) is 18.3. The van der Waals surface area contributed by atoms with Crippen molar-refractivity contribution in [2.75, 3.05) is 13.1 Å². The number of fused-ring (bicyclic) bond motifs is 1. The average Bonchev–Trinajstić information content (AvgIpc) is 2.95. The van der Waals surface area contributed by atoms with Crippen LogP contribution in [0.5, 0.6) is 5.75 Å². The zero-order valence-electron chi connectivity index (χ0n) is 12.2. The predicted octanol–water partition coefficient (Wildman–Crippen LogP) is 1.85. The van der Waals surface area contributed by atoms with Gasteiger partial charge in [0.05, 0.1) is 19.3 Å². The lowest BCUT2D eigenvalue weighted by Gasteiger charge is -2.38. The summed E-state index contributed by atoms with van der Waals surface area (Å²) in [6.45, 7) is 1.16. The van der Waals surface area contributed by atoms with Gasteiger partial charge in [0.25, 0.3) is 5.91 Å². The molecule has 1 aliphatic heterocycles. The maximum absolute atomic E-state index is 12.5. The first-order chi connectivity index (χ1) is 10.8. The van der Waals surface area contributed by atoms with E-state index in [9.17, 15) is 4.79 Å². The fourth-order valence-electron chi connectivity index (χ4n) is 2.99. The average molecular weight is 299 g/mol. The van der Waals surface area contributed by atoms with E-state index in [1.54, 1.807) is 17.3 Å². The lowest BCUT2D eigenvalue weighted by molar-refractivity contribution is 0.0168. The van der Waals surface area contributed by atoms with Gasteiger partial charge >= 0.3 is 0 Å². The van der Waals surface area contributed by atoms with E-state index in [2.05, 4.69) is 10.1 Å². The molecule has 2 aromatic heterocycles. The van der Waals surface area contributed by atoms with Crippen molar-refractivity contribution in [1.82, 2.24) is 15.0 Å². The number of likely N-dealkylation sites (tertiary alicyclic amines) is 1. The van der Waals surface area contributed by atoms with Gasteiger partial charge in [0.1, 0.15) is 17.6 Å². The van der Waals surface area contributed by atoms with E-state index < -0.39 is 0 Å². The first kappa shape index (κ1) is 13.3. The third-order valence-corrected chi connectivity index (χ3v) is 4.23.